The Bertz CT molecular complexity index is 167. The first-order chi connectivity index (χ1) is 5.74. The van der Waals surface area contributed by atoms with E-state index in [-0.39, 0.29) is 5.60 Å². The zero-order chi connectivity index (χ0) is 8.60. The minimum absolute atomic E-state index is 0.296. The highest BCUT2D eigenvalue weighted by molar-refractivity contribution is 5.00. The lowest BCUT2D eigenvalue weighted by Crippen LogP contribution is -2.35. The maximum atomic E-state index is 10.2. The quantitative estimate of drug-likeness (QED) is 0.687. The normalized spacial score (nSPS) is 37.5. The van der Waals surface area contributed by atoms with E-state index in [9.17, 15) is 5.11 Å². The molecule has 0 amide bonds. The second kappa shape index (κ2) is 3.00. The second-order valence-corrected chi connectivity index (χ2v) is 4.40. The van der Waals surface area contributed by atoms with Crippen LogP contribution in [-0.2, 0) is 0 Å². The summed E-state index contributed by atoms with van der Waals surface area (Å²) in [6, 6.07) is 0. The van der Waals surface area contributed by atoms with E-state index in [4.69, 9.17) is 0 Å². The van der Waals surface area contributed by atoms with Crippen molar-refractivity contribution in [1.29, 1.82) is 0 Å². The van der Waals surface area contributed by atoms with E-state index in [1.54, 1.807) is 0 Å². The Labute approximate surface area is 74.6 Å². The van der Waals surface area contributed by atoms with Gasteiger partial charge in [0.1, 0.15) is 0 Å². The Balaban J connectivity index is 1.87. The summed E-state index contributed by atoms with van der Waals surface area (Å²) >= 11 is 0. The van der Waals surface area contributed by atoms with Gasteiger partial charge in [-0.3, -0.25) is 0 Å². The average molecular weight is 169 g/mol. The summed E-state index contributed by atoms with van der Waals surface area (Å²) in [4.78, 5) is 2.40. The number of hydrogen-bond acceptors (Lipinski definition) is 2. The summed E-state index contributed by atoms with van der Waals surface area (Å²) < 4.78 is 0. The lowest BCUT2D eigenvalue weighted by atomic mass is 9.97. The molecule has 70 valence electrons. The van der Waals surface area contributed by atoms with Gasteiger partial charge in [-0.15, -0.1) is 0 Å². The van der Waals surface area contributed by atoms with Crippen LogP contribution in [-0.4, -0.2) is 35.2 Å². The number of aliphatic hydroxyl groups is 1. The van der Waals surface area contributed by atoms with Crippen molar-refractivity contribution in [2.45, 2.75) is 38.2 Å². The predicted octanol–water partition coefficient (Wildman–Crippen LogP) is 1.24. The van der Waals surface area contributed by atoms with Gasteiger partial charge in [0.05, 0.1) is 5.60 Å². The third-order valence-electron chi connectivity index (χ3n) is 3.24. The number of nitrogens with zero attached hydrogens (tertiary/aromatic N) is 1. The first kappa shape index (κ1) is 8.52. The van der Waals surface area contributed by atoms with Crippen LogP contribution in [0.2, 0.25) is 0 Å². The predicted molar refractivity (Wildman–Crippen MR) is 49.0 cm³/mol. The summed E-state index contributed by atoms with van der Waals surface area (Å²) in [5.41, 5.74) is -0.296. The molecule has 0 aromatic carbocycles. The van der Waals surface area contributed by atoms with E-state index in [0.717, 1.165) is 26.1 Å². The average Bonchev–Trinajstić information content (AvgIpc) is 2.80. The monoisotopic (exact) mass is 169 g/mol. The van der Waals surface area contributed by atoms with Gasteiger partial charge in [-0.2, -0.15) is 0 Å². The van der Waals surface area contributed by atoms with Crippen molar-refractivity contribution in [2.75, 3.05) is 19.6 Å². The van der Waals surface area contributed by atoms with Crippen LogP contribution >= 0.6 is 0 Å². The fourth-order valence-corrected chi connectivity index (χ4v) is 2.36. The molecule has 0 aromatic heterocycles. The topological polar surface area (TPSA) is 23.5 Å². The highest BCUT2D eigenvalue weighted by Crippen LogP contribution is 2.44. The molecule has 2 heteroatoms. The SMILES string of the molecule is CCCN1CCC(O)(C2CC2)C1. The highest BCUT2D eigenvalue weighted by atomic mass is 16.3. The Morgan fingerprint density at radius 3 is 2.83 bits per heavy atom. The molecule has 1 aliphatic heterocycles. The molecule has 1 heterocycles. The second-order valence-electron chi connectivity index (χ2n) is 4.40. The molecule has 0 radical (unpaired) electrons. The number of rotatable bonds is 3. The summed E-state index contributed by atoms with van der Waals surface area (Å²) in [7, 11) is 0. The molecule has 12 heavy (non-hydrogen) atoms. The van der Waals surface area contributed by atoms with Crippen LogP contribution in [0.25, 0.3) is 0 Å². The Morgan fingerprint density at radius 1 is 1.50 bits per heavy atom. The Hall–Kier alpha value is -0.0800. The Morgan fingerprint density at radius 2 is 2.25 bits per heavy atom. The molecule has 0 spiro atoms. The Kier molecular flexibility index (Phi) is 2.13. The van der Waals surface area contributed by atoms with Crippen LogP contribution in [0, 0.1) is 5.92 Å². The number of hydrogen-bond donors (Lipinski definition) is 1. The van der Waals surface area contributed by atoms with Gasteiger partial charge in [-0.05, 0) is 38.1 Å². The van der Waals surface area contributed by atoms with Crippen LogP contribution in [0.1, 0.15) is 32.6 Å². The van der Waals surface area contributed by atoms with Gasteiger partial charge >= 0.3 is 0 Å². The van der Waals surface area contributed by atoms with Crippen LogP contribution in [0.3, 0.4) is 0 Å². The third kappa shape index (κ3) is 1.50. The van der Waals surface area contributed by atoms with Gasteiger partial charge < -0.3 is 10.0 Å². The summed E-state index contributed by atoms with van der Waals surface area (Å²) in [6.07, 6.45) is 4.74. The standard InChI is InChI=1S/C10H19NO/c1-2-6-11-7-5-10(12,8-11)9-3-4-9/h9,12H,2-8H2,1H3. The minimum atomic E-state index is -0.296. The lowest BCUT2D eigenvalue weighted by Gasteiger charge is -2.22. The molecule has 0 aromatic rings. The maximum absolute atomic E-state index is 10.2. The van der Waals surface area contributed by atoms with Gasteiger partial charge in [-0.25, -0.2) is 0 Å². The van der Waals surface area contributed by atoms with E-state index < -0.39 is 0 Å². The largest absolute Gasteiger partial charge is 0.388 e. The molecule has 1 N–H and O–H groups in total. The lowest BCUT2D eigenvalue weighted by molar-refractivity contribution is 0.0271. The zero-order valence-electron chi connectivity index (χ0n) is 7.92. The maximum Gasteiger partial charge on any atom is 0.0814 e. The third-order valence-corrected chi connectivity index (χ3v) is 3.24. The van der Waals surface area contributed by atoms with Crippen LogP contribution in [0.5, 0.6) is 0 Å². The number of likely N-dealkylation sites (tertiary alicyclic amines) is 1. The fraction of sp³-hybridized carbons (Fsp3) is 1.00. The van der Waals surface area contributed by atoms with Crippen molar-refractivity contribution in [3.05, 3.63) is 0 Å². The molecular formula is C10H19NO. The van der Waals surface area contributed by atoms with E-state index in [2.05, 4.69) is 11.8 Å². The van der Waals surface area contributed by atoms with Crippen LogP contribution < -0.4 is 0 Å². The van der Waals surface area contributed by atoms with Crippen molar-refractivity contribution >= 4 is 0 Å². The first-order valence-electron chi connectivity index (χ1n) is 5.19. The van der Waals surface area contributed by atoms with Crippen molar-refractivity contribution in [3.8, 4) is 0 Å². The smallest absolute Gasteiger partial charge is 0.0814 e. The number of β-amino-alcohol motifs (C(OH)–C–C–N with tert-alkyl or cyclic N) is 1. The molecule has 2 rings (SSSR count). The van der Waals surface area contributed by atoms with Crippen molar-refractivity contribution in [2.24, 2.45) is 5.92 Å². The van der Waals surface area contributed by atoms with E-state index >= 15 is 0 Å². The molecule has 1 unspecified atom stereocenters. The minimum Gasteiger partial charge on any atom is -0.388 e. The van der Waals surface area contributed by atoms with Gasteiger partial charge in [0, 0.05) is 13.1 Å². The van der Waals surface area contributed by atoms with E-state index in [1.165, 1.54) is 19.3 Å². The molecular weight excluding hydrogens is 150 g/mol. The first-order valence-corrected chi connectivity index (χ1v) is 5.19. The summed E-state index contributed by atoms with van der Waals surface area (Å²) in [5, 5.41) is 10.2. The van der Waals surface area contributed by atoms with Crippen molar-refractivity contribution < 1.29 is 5.11 Å². The van der Waals surface area contributed by atoms with Gasteiger partial charge in [-0.1, -0.05) is 6.92 Å². The summed E-state index contributed by atoms with van der Waals surface area (Å²) in [5.74, 6) is 0.638. The van der Waals surface area contributed by atoms with Gasteiger partial charge in [0.25, 0.3) is 0 Å². The molecule has 0 bridgehead atoms. The van der Waals surface area contributed by atoms with Crippen LogP contribution in [0.4, 0.5) is 0 Å². The molecule has 1 saturated carbocycles. The van der Waals surface area contributed by atoms with E-state index in [0.29, 0.717) is 5.92 Å². The highest BCUT2D eigenvalue weighted by Gasteiger charge is 2.47. The zero-order valence-corrected chi connectivity index (χ0v) is 7.92. The van der Waals surface area contributed by atoms with Crippen LogP contribution in [0.15, 0.2) is 0 Å². The van der Waals surface area contributed by atoms with Crippen molar-refractivity contribution in [1.82, 2.24) is 4.90 Å². The fourth-order valence-electron chi connectivity index (χ4n) is 2.36. The molecule has 1 atom stereocenters. The van der Waals surface area contributed by atoms with Crippen molar-refractivity contribution in [3.63, 3.8) is 0 Å². The van der Waals surface area contributed by atoms with Gasteiger partial charge in [0.15, 0.2) is 0 Å². The van der Waals surface area contributed by atoms with E-state index in [1.807, 2.05) is 0 Å². The molecule has 1 saturated heterocycles. The molecule has 2 aliphatic rings. The van der Waals surface area contributed by atoms with Gasteiger partial charge in [0.2, 0.25) is 0 Å². The molecule has 1 aliphatic carbocycles. The molecule has 2 fully saturated rings. The summed E-state index contributed by atoms with van der Waals surface area (Å²) in [6.45, 7) is 5.41. The molecule has 2 nitrogen and oxygen atoms in total.